The summed E-state index contributed by atoms with van der Waals surface area (Å²) in [7, 11) is 0. The van der Waals surface area contributed by atoms with Gasteiger partial charge in [0.2, 0.25) is 0 Å². The van der Waals surface area contributed by atoms with E-state index in [4.69, 9.17) is 5.14 Å². The minimum Gasteiger partial charge on any atom is -0.294 e. The molecule has 2 aromatic rings. The maximum atomic E-state index is 12.0. The van der Waals surface area contributed by atoms with E-state index in [0.29, 0.717) is 11.1 Å². The van der Waals surface area contributed by atoms with Crippen molar-refractivity contribution >= 4 is 39.4 Å². The van der Waals surface area contributed by atoms with Crippen LogP contribution < -0.4 is 5.14 Å². The van der Waals surface area contributed by atoms with Gasteiger partial charge in [-0.1, -0.05) is 40.2 Å². The molecule has 0 aliphatic heterocycles. The van der Waals surface area contributed by atoms with Crippen molar-refractivity contribution in [3.05, 3.63) is 64.1 Å². The molecule has 5 heteroatoms. The van der Waals surface area contributed by atoms with Crippen LogP contribution in [0.5, 0.6) is 0 Å². The molecule has 108 valence electrons. The Hall–Kier alpha value is -1.43. The van der Waals surface area contributed by atoms with Gasteiger partial charge in [-0.05, 0) is 36.2 Å². The van der Waals surface area contributed by atoms with Crippen LogP contribution in [0.15, 0.2) is 57.9 Å². The van der Waals surface area contributed by atoms with Crippen molar-refractivity contribution in [1.82, 2.24) is 0 Å². The van der Waals surface area contributed by atoms with Crippen LogP contribution in [0.4, 0.5) is 0 Å². The molecule has 0 aromatic heterocycles. The lowest BCUT2D eigenvalue weighted by molar-refractivity contribution is 0.0917. The maximum absolute atomic E-state index is 12.0. The van der Waals surface area contributed by atoms with Crippen LogP contribution in [0, 0.1) is 0 Å². The molecular formula is C16H14BrNO2S. The third-order valence-electron chi connectivity index (χ3n) is 3.06. The Morgan fingerprint density at radius 1 is 0.857 bits per heavy atom. The fourth-order valence-corrected chi connectivity index (χ4v) is 2.43. The van der Waals surface area contributed by atoms with Gasteiger partial charge in [0.25, 0.3) is 0 Å². The molecule has 0 bridgehead atoms. The zero-order chi connectivity index (χ0) is 15.2. The molecule has 0 fully saturated rings. The molecule has 0 atom stereocenters. The lowest BCUT2D eigenvalue weighted by Crippen LogP contribution is -2.05. The zero-order valence-electron chi connectivity index (χ0n) is 11.2. The molecule has 0 saturated carbocycles. The molecule has 2 aromatic carbocycles. The van der Waals surface area contributed by atoms with Crippen LogP contribution in [0.2, 0.25) is 0 Å². The number of ketones is 2. The lowest BCUT2D eigenvalue weighted by atomic mass is 10.0. The SMILES string of the molecule is NSc1ccc(C(=O)CCC(=O)c2ccc(Br)cc2)cc1. The molecular weight excluding hydrogens is 350 g/mol. The summed E-state index contributed by atoms with van der Waals surface area (Å²) in [5, 5.41) is 5.43. The smallest absolute Gasteiger partial charge is 0.163 e. The number of hydrogen-bond acceptors (Lipinski definition) is 4. The molecule has 0 aliphatic rings. The van der Waals surface area contributed by atoms with Gasteiger partial charge in [0.05, 0.1) is 0 Å². The number of carbonyl (C=O) groups is 2. The van der Waals surface area contributed by atoms with Gasteiger partial charge in [0, 0.05) is 33.3 Å². The highest BCUT2D eigenvalue weighted by atomic mass is 79.9. The average Bonchev–Trinajstić information content (AvgIpc) is 2.53. The van der Waals surface area contributed by atoms with Crippen LogP contribution in [0.1, 0.15) is 33.6 Å². The van der Waals surface area contributed by atoms with Crippen molar-refractivity contribution in [3.63, 3.8) is 0 Å². The van der Waals surface area contributed by atoms with Crippen molar-refractivity contribution in [2.45, 2.75) is 17.7 Å². The second-order valence-electron chi connectivity index (χ2n) is 4.50. The number of hydrogen-bond donors (Lipinski definition) is 1. The van der Waals surface area contributed by atoms with Crippen LogP contribution in [-0.4, -0.2) is 11.6 Å². The van der Waals surface area contributed by atoms with Crippen molar-refractivity contribution in [2.75, 3.05) is 0 Å². The highest BCUT2D eigenvalue weighted by Gasteiger charge is 2.11. The molecule has 0 saturated heterocycles. The summed E-state index contributed by atoms with van der Waals surface area (Å²) in [6.45, 7) is 0. The van der Waals surface area contributed by atoms with E-state index < -0.39 is 0 Å². The number of nitrogens with two attached hydrogens (primary N) is 1. The van der Waals surface area contributed by atoms with E-state index in [-0.39, 0.29) is 24.4 Å². The molecule has 0 aliphatic carbocycles. The largest absolute Gasteiger partial charge is 0.294 e. The molecule has 0 unspecified atom stereocenters. The molecule has 0 radical (unpaired) electrons. The van der Waals surface area contributed by atoms with Gasteiger partial charge in [-0.25, -0.2) is 0 Å². The summed E-state index contributed by atoms with van der Waals surface area (Å²) in [5.74, 6) is -0.0565. The van der Waals surface area contributed by atoms with E-state index >= 15 is 0 Å². The van der Waals surface area contributed by atoms with Gasteiger partial charge in [0.15, 0.2) is 11.6 Å². The molecule has 3 nitrogen and oxygen atoms in total. The predicted molar refractivity (Wildman–Crippen MR) is 88.5 cm³/mol. The topological polar surface area (TPSA) is 60.2 Å². The van der Waals surface area contributed by atoms with E-state index in [1.807, 2.05) is 12.1 Å². The molecule has 0 spiro atoms. The Morgan fingerprint density at radius 3 is 1.71 bits per heavy atom. The maximum Gasteiger partial charge on any atom is 0.163 e. The number of rotatable bonds is 6. The van der Waals surface area contributed by atoms with Crippen molar-refractivity contribution in [2.24, 2.45) is 5.14 Å². The van der Waals surface area contributed by atoms with Gasteiger partial charge in [-0.3, -0.25) is 14.7 Å². The van der Waals surface area contributed by atoms with Crippen LogP contribution in [0.3, 0.4) is 0 Å². The minimum absolute atomic E-state index is 0.0232. The zero-order valence-corrected chi connectivity index (χ0v) is 13.6. The van der Waals surface area contributed by atoms with Crippen LogP contribution in [-0.2, 0) is 0 Å². The standard InChI is InChI=1S/C16H14BrNO2S/c17-13-5-1-11(2-6-13)15(19)9-10-16(20)12-3-7-14(21-18)8-4-12/h1-8H,9-10,18H2. The second-order valence-corrected chi connectivity index (χ2v) is 6.12. The van der Waals surface area contributed by atoms with Gasteiger partial charge < -0.3 is 0 Å². The third kappa shape index (κ3) is 4.52. The van der Waals surface area contributed by atoms with Gasteiger partial charge in [-0.15, -0.1) is 0 Å². The van der Waals surface area contributed by atoms with Gasteiger partial charge in [0.1, 0.15) is 0 Å². The first kappa shape index (κ1) is 15.9. The van der Waals surface area contributed by atoms with E-state index in [9.17, 15) is 9.59 Å². The molecule has 0 amide bonds. The summed E-state index contributed by atoms with van der Waals surface area (Å²) < 4.78 is 0.924. The van der Waals surface area contributed by atoms with Gasteiger partial charge in [-0.2, -0.15) is 0 Å². The highest BCUT2D eigenvalue weighted by molar-refractivity contribution is 9.10. The van der Waals surface area contributed by atoms with Crippen LogP contribution >= 0.6 is 27.9 Å². The summed E-state index contributed by atoms with van der Waals surface area (Å²) in [5.41, 5.74) is 1.23. The summed E-state index contributed by atoms with van der Waals surface area (Å²) in [6, 6.07) is 14.2. The van der Waals surface area contributed by atoms with Crippen molar-refractivity contribution in [3.8, 4) is 0 Å². The van der Waals surface area contributed by atoms with E-state index in [1.54, 1.807) is 36.4 Å². The Labute approximate surface area is 136 Å². The molecule has 2 rings (SSSR count). The third-order valence-corrected chi connectivity index (χ3v) is 4.13. The number of benzene rings is 2. The first-order valence-corrected chi connectivity index (χ1v) is 8.06. The fraction of sp³-hybridized carbons (Fsp3) is 0.125. The van der Waals surface area contributed by atoms with Crippen molar-refractivity contribution < 1.29 is 9.59 Å². The minimum atomic E-state index is -0.0333. The lowest BCUT2D eigenvalue weighted by Gasteiger charge is -2.03. The second kappa shape index (κ2) is 7.54. The Morgan fingerprint density at radius 2 is 1.29 bits per heavy atom. The Balaban J connectivity index is 1.93. The van der Waals surface area contributed by atoms with Crippen LogP contribution in [0.25, 0.3) is 0 Å². The average molecular weight is 364 g/mol. The van der Waals surface area contributed by atoms with Gasteiger partial charge >= 0.3 is 0 Å². The van der Waals surface area contributed by atoms with E-state index in [2.05, 4.69) is 15.9 Å². The fourth-order valence-electron chi connectivity index (χ4n) is 1.87. The number of carbonyl (C=O) groups excluding carboxylic acids is 2. The summed E-state index contributed by atoms with van der Waals surface area (Å²) in [6.07, 6.45) is 0.428. The van der Waals surface area contributed by atoms with Crippen molar-refractivity contribution in [1.29, 1.82) is 0 Å². The first-order chi connectivity index (χ1) is 10.1. The number of Topliss-reactive ketones (excluding diaryl/α,β-unsaturated/α-hetero) is 2. The molecule has 0 heterocycles. The predicted octanol–water partition coefficient (Wildman–Crippen LogP) is 4.26. The highest BCUT2D eigenvalue weighted by Crippen LogP contribution is 2.16. The Kier molecular flexibility index (Phi) is 5.73. The first-order valence-electron chi connectivity index (χ1n) is 6.39. The number of halogens is 1. The molecule has 2 N–H and O–H groups in total. The quantitative estimate of drug-likeness (QED) is 0.615. The molecule has 21 heavy (non-hydrogen) atoms. The normalized spacial score (nSPS) is 10.4. The van der Waals surface area contributed by atoms with E-state index in [1.165, 1.54) is 0 Å². The summed E-state index contributed by atoms with van der Waals surface area (Å²) >= 11 is 4.46. The summed E-state index contributed by atoms with van der Waals surface area (Å²) in [4.78, 5) is 24.9. The Bertz CT molecular complexity index is 638. The monoisotopic (exact) mass is 363 g/mol. The van der Waals surface area contributed by atoms with E-state index in [0.717, 1.165) is 21.3 Å².